The smallest absolute Gasteiger partial charge is 0.162 e. The normalized spacial score (nSPS) is 9.38. The highest BCUT2D eigenvalue weighted by atomic mass is 127. The summed E-state index contributed by atoms with van der Waals surface area (Å²) in [5.74, 6) is -0.759. The van der Waals surface area contributed by atoms with Crippen LogP contribution in [0, 0.1) is 20.7 Å². The molecule has 2 nitrogen and oxygen atoms in total. The number of nitriles is 1. The minimum atomic E-state index is -0.468. The van der Waals surface area contributed by atoms with Gasteiger partial charge in [0, 0.05) is 0 Å². The SMILES string of the molecule is CC(=O)c1c(C#N)ccc(F)c1I. The number of ketones is 1. The lowest BCUT2D eigenvalue weighted by Gasteiger charge is -2.02. The highest BCUT2D eigenvalue weighted by Crippen LogP contribution is 2.20. The number of carbonyl (C=O) groups is 1. The summed E-state index contributed by atoms with van der Waals surface area (Å²) in [5, 5.41) is 8.65. The Hall–Kier alpha value is -0.960. The molecule has 0 atom stereocenters. The van der Waals surface area contributed by atoms with E-state index in [1.165, 1.54) is 19.1 Å². The van der Waals surface area contributed by atoms with Crippen LogP contribution in [-0.2, 0) is 0 Å². The monoisotopic (exact) mass is 289 g/mol. The van der Waals surface area contributed by atoms with E-state index >= 15 is 0 Å². The molecule has 0 aliphatic heterocycles. The molecule has 0 saturated carbocycles. The second-order valence-corrected chi connectivity index (χ2v) is 3.53. The molecule has 0 N–H and O–H groups in total. The van der Waals surface area contributed by atoms with E-state index < -0.39 is 5.82 Å². The van der Waals surface area contributed by atoms with Gasteiger partial charge in [0.2, 0.25) is 0 Å². The molecular weight excluding hydrogens is 284 g/mol. The largest absolute Gasteiger partial charge is 0.294 e. The van der Waals surface area contributed by atoms with Crippen LogP contribution < -0.4 is 0 Å². The van der Waals surface area contributed by atoms with Crippen LogP contribution in [0.4, 0.5) is 4.39 Å². The zero-order valence-corrected chi connectivity index (χ0v) is 8.92. The molecular formula is C9H5FINO. The molecule has 0 heterocycles. The number of halogens is 2. The molecule has 1 rings (SSSR count). The molecule has 0 aliphatic carbocycles. The minimum absolute atomic E-state index is 0.170. The molecule has 0 aromatic heterocycles. The van der Waals surface area contributed by atoms with E-state index in [1.807, 2.05) is 6.07 Å². The predicted octanol–water partition coefficient (Wildman–Crippen LogP) is 2.50. The Morgan fingerprint density at radius 3 is 2.69 bits per heavy atom. The second kappa shape index (κ2) is 3.83. The van der Waals surface area contributed by atoms with Gasteiger partial charge in [-0.25, -0.2) is 4.39 Å². The zero-order chi connectivity index (χ0) is 10.0. The standard InChI is InChI=1S/C9H5FINO/c1-5(13)8-6(4-12)2-3-7(10)9(8)11/h2-3H,1H3. The lowest BCUT2D eigenvalue weighted by atomic mass is 10.1. The molecule has 13 heavy (non-hydrogen) atoms. The van der Waals surface area contributed by atoms with Crippen molar-refractivity contribution in [2.24, 2.45) is 0 Å². The Morgan fingerprint density at radius 2 is 2.23 bits per heavy atom. The van der Waals surface area contributed by atoms with Crippen LogP contribution in [0.3, 0.4) is 0 Å². The maximum Gasteiger partial charge on any atom is 0.162 e. The first-order valence-electron chi connectivity index (χ1n) is 3.47. The summed E-state index contributed by atoms with van der Waals surface area (Å²) in [6.07, 6.45) is 0. The van der Waals surface area contributed by atoms with Gasteiger partial charge in [0.15, 0.2) is 5.78 Å². The second-order valence-electron chi connectivity index (χ2n) is 2.45. The minimum Gasteiger partial charge on any atom is -0.294 e. The summed E-state index contributed by atoms with van der Waals surface area (Å²) >= 11 is 1.72. The number of rotatable bonds is 1. The van der Waals surface area contributed by atoms with Crippen molar-refractivity contribution in [1.29, 1.82) is 5.26 Å². The van der Waals surface area contributed by atoms with Gasteiger partial charge < -0.3 is 0 Å². The third-order valence-corrected chi connectivity index (χ3v) is 2.62. The Balaban J connectivity index is 3.53. The fraction of sp³-hybridized carbons (Fsp3) is 0.111. The zero-order valence-electron chi connectivity index (χ0n) is 6.77. The van der Waals surface area contributed by atoms with Gasteiger partial charge in [0.25, 0.3) is 0 Å². The number of hydrogen-bond acceptors (Lipinski definition) is 2. The number of Topliss-reactive ketones (excluding diaryl/α,β-unsaturated/α-hetero) is 1. The van der Waals surface area contributed by atoms with E-state index in [0.29, 0.717) is 0 Å². The molecule has 0 spiro atoms. The van der Waals surface area contributed by atoms with E-state index in [4.69, 9.17) is 5.26 Å². The Bertz CT molecular complexity index is 409. The first-order chi connectivity index (χ1) is 6.07. The lowest BCUT2D eigenvalue weighted by Crippen LogP contribution is -2.02. The summed E-state index contributed by atoms with van der Waals surface area (Å²) in [6.45, 7) is 1.32. The molecule has 0 fully saturated rings. The van der Waals surface area contributed by atoms with Gasteiger partial charge in [-0.1, -0.05) is 0 Å². The van der Waals surface area contributed by atoms with Crippen LogP contribution in [0.2, 0.25) is 0 Å². The lowest BCUT2D eigenvalue weighted by molar-refractivity contribution is 0.101. The number of hydrogen-bond donors (Lipinski definition) is 0. The third-order valence-electron chi connectivity index (χ3n) is 1.57. The van der Waals surface area contributed by atoms with Crippen molar-refractivity contribution >= 4 is 28.4 Å². The Morgan fingerprint density at radius 1 is 1.62 bits per heavy atom. The fourth-order valence-electron chi connectivity index (χ4n) is 0.988. The van der Waals surface area contributed by atoms with Crippen molar-refractivity contribution in [3.05, 3.63) is 32.6 Å². The van der Waals surface area contributed by atoms with Gasteiger partial charge in [-0.2, -0.15) is 5.26 Å². The van der Waals surface area contributed by atoms with Crippen LogP contribution >= 0.6 is 22.6 Å². The molecule has 1 aromatic carbocycles. The van der Waals surface area contributed by atoms with Gasteiger partial charge in [-0.3, -0.25) is 4.79 Å². The maximum atomic E-state index is 13.0. The summed E-state index contributed by atoms with van der Waals surface area (Å²) < 4.78 is 13.2. The number of benzene rings is 1. The van der Waals surface area contributed by atoms with E-state index in [2.05, 4.69) is 0 Å². The van der Waals surface area contributed by atoms with Crippen molar-refractivity contribution in [3.8, 4) is 6.07 Å². The van der Waals surface area contributed by atoms with Crippen molar-refractivity contribution in [2.75, 3.05) is 0 Å². The van der Waals surface area contributed by atoms with Crippen molar-refractivity contribution in [1.82, 2.24) is 0 Å². The van der Waals surface area contributed by atoms with Crippen LogP contribution in [0.25, 0.3) is 0 Å². The van der Waals surface area contributed by atoms with E-state index in [0.717, 1.165) is 0 Å². The predicted molar refractivity (Wildman–Crippen MR) is 53.8 cm³/mol. The molecule has 0 radical (unpaired) electrons. The third kappa shape index (κ3) is 1.86. The maximum absolute atomic E-state index is 13.0. The average Bonchev–Trinajstić information content (AvgIpc) is 2.08. The molecule has 0 saturated heterocycles. The molecule has 1 aromatic rings. The molecule has 4 heteroatoms. The summed E-state index contributed by atoms with van der Waals surface area (Å²) in [4.78, 5) is 11.1. The van der Waals surface area contributed by atoms with Gasteiger partial charge in [0.1, 0.15) is 5.82 Å². The molecule has 0 aliphatic rings. The van der Waals surface area contributed by atoms with Crippen molar-refractivity contribution in [3.63, 3.8) is 0 Å². The fourth-order valence-corrected chi connectivity index (χ4v) is 1.84. The van der Waals surface area contributed by atoms with Gasteiger partial charge >= 0.3 is 0 Å². The molecule has 66 valence electrons. The summed E-state index contributed by atoms with van der Waals surface area (Å²) in [7, 11) is 0. The van der Waals surface area contributed by atoms with Gasteiger partial charge in [-0.05, 0) is 41.6 Å². The van der Waals surface area contributed by atoms with Crippen LogP contribution in [-0.4, -0.2) is 5.78 Å². The topological polar surface area (TPSA) is 40.9 Å². The number of carbonyl (C=O) groups excluding carboxylic acids is 1. The number of nitrogens with zero attached hydrogens (tertiary/aromatic N) is 1. The quantitative estimate of drug-likeness (QED) is 0.588. The molecule has 0 amide bonds. The summed E-state index contributed by atoms with van der Waals surface area (Å²) in [5.41, 5.74) is 0.390. The van der Waals surface area contributed by atoms with Crippen molar-refractivity contribution < 1.29 is 9.18 Å². The van der Waals surface area contributed by atoms with Crippen LogP contribution in [0.15, 0.2) is 12.1 Å². The first kappa shape index (κ1) is 10.1. The van der Waals surface area contributed by atoms with Crippen LogP contribution in [0.5, 0.6) is 0 Å². The Labute approximate surface area is 88.5 Å². The van der Waals surface area contributed by atoms with Crippen molar-refractivity contribution in [2.45, 2.75) is 6.92 Å². The highest BCUT2D eigenvalue weighted by molar-refractivity contribution is 14.1. The average molecular weight is 289 g/mol. The van der Waals surface area contributed by atoms with Gasteiger partial charge in [0.05, 0.1) is 20.8 Å². The Kier molecular flexibility index (Phi) is 2.98. The van der Waals surface area contributed by atoms with Crippen LogP contribution in [0.1, 0.15) is 22.8 Å². The first-order valence-corrected chi connectivity index (χ1v) is 4.55. The highest BCUT2D eigenvalue weighted by Gasteiger charge is 2.14. The van der Waals surface area contributed by atoms with E-state index in [1.54, 1.807) is 22.6 Å². The molecule has 0 unspecified atom stereocenters. The van der Waals surface area contributed by atoms with E-state index in [-0.39, 0.29) is 20.5 Å². The van der Waals surface area contributed by atoms with Gasteiger partial charge in [-0.15, -0.1) is 0 Å². The molecule has 0 bridgehead atoms. The van der Waals surface area contributed by atoms with E-state index in [9.17, 15) is 9.18 Å². The summed E-state index contributed by atoms with van der Waals surface area (Å²) in [6, 6.07) is 4.35.